The number of carbonyl (C=O) groups is 3. The lowest BCUT2D eigenvalue weighted by molar-refractivity contribution is -0.123. The molecule has 2 aromatic carbocycles. The summed E-state index contributed by atoms with van der Waals surface area (Å²) in [4.78, 5) is 35.1. The van der Waals surface area contributed by atoms with Crippen LogP contribution in [0, 0.1) is 0 Å². The molecule has 0 saturated carbocycles. The number of hydrogen-bond acceptors (Lipinski definition) is 5. The number of carboxylic acid groups (broad SMARTS) is 1. The monoisotopic (exact) mass is 362 g/mol. The number of carbonyl (C=O) groups excluding carboxylic acids is 2. The summed E-state index contributed by atoms with van der Waals surface area (Å²) in [6.07, 6.45) is -1.09. The van der Waals surface area contributed by atoms with Gasteiger partial charge in [-0.3, -0.25) is 4.79 Å². The molecule has 8 heteroatoms. The molecule has 25 heavy (non-hydrogen) atoms. The summed E-state index contributed by atoms with van der Waals surface area (Å²) in [6.45, 7) is 1.40. The molecular weight excluding hydrogens is 348 g/mol. The van der Waals surface area contributed by atoms with Gasteiger partial charge in [0.05, 0.1) is 16.1 Å². The topological polar surface area (TPSA) is 119 Å². The zero-order chi connectivity index (χ0) is 18.6. The summed E-state index contributed by atoms with van der Waals surface area (Å²) in [5, 5.41) is 11.5. The second kappa shape index (κ2) is 7.67. The SMILES string of the molecule is CC(OC(=O)c1ccc(N)cc1)C(=O)Nc1ccc(Cl)c(C(=O)O)c1. The highest BCUT2D eigenvalue weighted by Crippen LogP contribution is 2.21. The number of anilines is 2. The number of nitrogens with two attached hydrogens (primary N) is 1. The maximum absolute atomic E-state index is 12.1. The molecule has 0 spiro atoms. The number of amides is 1. The fourth-order valence-electron chi connectivity index (χ4n) is 1.91. The van der Waals surface area contributed by atoms with Gasteiger partial charge in [-0.1, -0.05) is 11.6 Å². The number of ether oxygens (including phenoxy) is 1. The first-order valence-corrected chi connectivity index (χ1v) is 7.56. The smallest absolute Gasteiger partial charge is 0.338 e. The molecule has 0 saturated heterocycles. The molecule has 0 aliphatic heterocycles. The van der Waals surface area contributed by atoms with Crippen LogP contribution in [-0.4, -0.2) is 29.1 Å². The van der Waals surface area contributed by atoms with Gasteiger partial charge >= 0.3 is 11.9 Å². The molecule has 7 nitrogen and oxygen atoms in total. The number of hydrogen-bond donors (Lipinski definition) is 3. The molecule has 2 rings (SSSR count). The average Bonchev–Trinajstić information content (AvgIpc) is 2.56. The van der Waals surface area contributed by atoms with E-state index in [1.54, 1.807) is 12.1 Å². The second-order valence-electron chi connectivity index (χ2n) is 5.16. The molecule has 1 atom stereocenters. The third-order valence-electron chi connectivity index (χ3n) is 3.26. The van der Waals surface area contributed by atoms with E-state index in [2.05, 4.69) is 5.32 Å². The summed E-state index contributed by atoms with van der Waals surface area (Å²) in [7, 11) is 0. The van der Waals surface area contributed by atoms with Gasteiger partial charge in [0.1, 0.15) is 0 Å². The van der Waals surface area contributed by atoms with Crippen molar-refractivity contribution in [3.05, 3.63) is 58.6 Å². The molecule has 1 amide bonds. The summed E-state index contributed by atoms with van der Waals surface area (Å²) in [5.74, 6) is -2.50. The summed E-state index contributed by atoms with van der Waals surface area (Å²) >= 11 is 5.77. The van der Waals surface area contributed by atoms with Gasteiger partial charge in [0, 0.05) is 11.4 Å². The number of nitrogen functional groups attached to an aromatic ring is 1. The first-order chi connectivity index (χ1) is 11.8. The fourth-order valence-corrected chi connectivity index (χ4v) is 2.11. The van der Waals surface area contributed by atoms with Crippen LogP contribution in [0.2, 0.25) is 5.02 Å². The highest BCUT2D eigenvalue weighted by atomic mass is 35.5. The number of halogens is 1. The minimum atomic E-state index is -1.22. The zero-order valence-corrected chi connectivity index (χ0v) is 13.9. The predicted molar refractivity (Wildman–Crippen MR) is 92.8 cm³/mol. The maximum Gasteiger partial charge on any atom is 0.338 e. The van der Waals surface area contributed by atoms with Crippen LogP contribution in [0.4, 0.5) is 11.4 Å². The van der Waals surface area contributed by atoms with Gasteiger partial charge in [-0.05, 0) is 49.4 Å². The Balaban J connectivity index is 2.03. The second-order valence-corrected chi connectivity index (χ2v) is 5.57. The zero-order valence-electron chi connectivity index (χ0n) is 13.2. The Bertz CT molecular complexity index is 820. The van der Waals surface area contributed by atoms with Crippen molar-refractivity contribution in [3.8, 4) is 0 Å². The molecule has 0 aliphatic carbocycles. The lowest BCUT2D eigenvalue weighted by atomic mass is 10.2. The van der Waals surface area contributed by atoms with Gasteiger partial charge in [-0.15, -0.1) is 0 Å². The molecular formula is C17H15ClN2O5. The van der Waals surface area contributed by atoms with Crippen LogP contribution >= 0.6 is 11.6 Å². The van der Waals surface area contributed by atoms with Crippen LogP contribution in [0.25, 0.3) is 0 Å². The molecule has 0 aliphatic rings. The van der Waals surface area contributed by atoms with Gasteiger partial charge in [0.25, 0.3) is 5.91 Å². The Labute approximate surface area is 148 Å². The first-order valence-electron chi connectivity index (χ1n) is 7.18. The minimum absolute atomic E-state index is 0.0494. The van der Waals surface area contributed by atoms with Crippen LogP contribution in [0.15, 0.2) is 42.5 Å². The number of carboxylic acids is 1. The van der Waals surface area contributed by atoms with E-state index in [1.807, 2.05) is 0 Å². The van der Waals surface area contributed by atoms with Crippen LogP contribution in [0.3, 0.4) is 0 Å². The van der Waals surface area contributed by atoms with Crippen molar-refractivity contribution >= 4 is 40.8 Å². The van der Waals surface area contributed by atoms with Crippen molar-refractivity contribution in [1.82, 2.24) is 0 Å². The lowest BCUT2D eigenvalue weighted by Crippen LogP contribution is -2.30. The van der Waals surface area contributed by atoms with E-state index >= 15 is 0 Å². The quantitative estimate of drug-likeness (QED) is 0.556. The number of nitrogens with one attached hydrogen (secondary N) is 1. The average molecular weight is 363 g/mol. The molecule has 0 radical (unpaired) electrons. The first kappa shape index (κ1) is 18.3. The van der Waals surface area contributed by atoms with E-state index in [0.717, 1.165) is 0 Å². The van der Waals surface area contributed by atoms with E-state index in [-0.39, 0.29) is 21.8 Å². The summed E-state index contributed by atoms with van der Waals surface area (Å²) in [5.41, 5.74) is 6.37. The Morgan fingerprint density at radius 1 is 1.16 bits per heavy atom. The molecule has 2 aromatic rings. The Kier molecular flexibility index (Phi) is 5.61. The van der Waals surface area contributed by atoms with E-state index < -0.39 is 23.9 Å². The van der Waals surface area contributed by atoms with Gasteiger partial charge in [0.15, 0.2) is 6.10 Å². The van der Waals surface area contributed by atoms with Crippen molar-refractivity contribution in [2.75, 3.05) is 11.1 Å². The molecule has 4 N–H and O–H groups in total. The van der Waals surface area contributed by atoms with E-state index in [4.69, 9.17) is 27.2 Å². The van der Waals surface area contributed by atoms with Crippen molar-refractivity contribution in [2.45, 2.75) is 13.0 Å². The van der Waals surface area contributed by atoms with Crippen LogP contribution in [-0.2, 0) is 9.53 Å². The van der Waals surface area contributed by atoms with Crippen molar-refractivity contribution in [3.63, 3.8) is 0 Å². The minimum Gasteiger partial charge on any atom is -0.478 e. The number of rotatable bonds is 5. The Hall–Kier alpha value is -3.06. The Morgan fingerprint density at radius 3 is 2.40 bits per heavy atom. The molecule has 0 bridgehead atoms. The molecule has 130 valence electrons. The van der Waals surface area contributed by atoms with Gasteiger partial charge in [-0.2, -0.15) is 0 Å². The van der Waals surface area contributed by atoms with Gasteiger partial charge < -0.3 is 20.9 Å². The third kappa shape index (κ3) is 4.71. The van der Waals surface area contributed by atoms with Gasteiger partial charge in [-0.25, -0.2) is 9.59 Å². The largest absolute Gasteiger partial charge is 0.478 e. The van der Waals surface area contributed by atoms with E-state index in [9.17, 15) is 14.4 Å². The number of aromatic carboxylic acids is 1. The highest BCUT2D eigenvalue weighted by Gasteiger charge is 2.20. The molecule has 0 aromatic heterocycles. The molecule has 0 heterocycles. The highest BCUT2D eigenvalue weighted by molar-refractivity contribution is 6.33. The van der Waals surface area contributed by atoms with Crippen LogP contribution in [0.1, 0.15) is 27.6 Å². The van der Waals surface area contributed by atoms with Crippen molar-refractivity contribution in [2.24, 2.45) is 0 Å². The Morgan fingerprint density at radius 2 is 1.80 bits per heavy atom. The lowest BCUT2D eigenvalue weighted by Gasteiger charge is -2.14. The fraction of sp³-hybridized carbons (Fsp3) is 0.118. The third-order valence-corrected chi connectivity index (χ3v) is 3.59. The number of benzene rings is 2. The van der Waals surface area contributed by atoms with Crippen LogP contribution < -0.4 is 11.1 Å². The normalized spacial score (nSPS) is 11.4. The van der Waals surface area contributed by atoms with E-state index in [1.165, 1.54) is 37.3 Å². The summed E-state index contributed by atoms with van der Waals surface area (Å²) in [6, 6.07) is 10.1. The maximum atomic E-state index is 12.1. The molecule has 1 unspecified atom stereocenters. The van der Waals surface area contributed by atoms with Gasteiger partial charge in [0.2, 0.25) is 0 Å². The predicted octanol–water partition coefficient (Wildman–Crippen LogP) is 2.80. The van der Waals surface area contributed by atoms with Crippen LogP contribution in [0.5, 0.6) is 0 Å². The standard InChI is InChI=1S/C17H15ClN2O5/c1-9(25-17(24)10-2-4-11(19)5-3-10)15(21)20-12-6-7-14(18)13(8-12)16(22)23/h2-9H,19H2,1H3,(H,20,21)(H,22,23). The number of esters is 1. The van der Waals surface area contributed by atoms with E-state index in [0.29, 0.717) is 5.69 Å². The van der Waals surface area contributed by atoms with Crippen molar-refractivity contribution in [1.29, 1.82) is 0 Å². The van der Waals surface area contributed by atoms with Crippen molar-refractivity contribution < 1.29 is 24.2 Å². The summed E-state index contributed by atoms with van der Waals surface area (Å²) < 4.78 is 5.08. The molecule has 0 fully saturated rings.